The Morgan fingerprint density at radius 3 is 2.56 bits per heavy atom. The predicted molar refractivity (Wildman–Crippen MR) is 68.0 cm³/mol. The number of amidine groups is 1. The van der Waals surface area contributed by atoms with Crippen molar-refractivity contribution in [3.05, 3.63) is 0 Å². The van der Waals surface area contributed by atoms with E-state index in [0.717, 1.165) is 0 Å². The van der Waals surface area contributed by atoms with Crippen molar-refractivity contribution in [2.24, 2.45) is 16.3 Å². The molecular formula is C10H21N3O4S. The van der Waals surface area contributed by atoms with Crippen LogP contribution < -0.4 is 10.5 Å². The SMILES string of the molecule is CC(C)(CNS(=O)(=O)C1CCOCC1)C(N)=NO. The van der Waals surface area contributed by atoms with Gasteiger partial charge in [0.05, 0.1) is 5.25 Å². The minimum Gasteiger partial charge on any atom is -0.409 e. The summed E-state index contributed by atoms with van der Waals surface area (Å²) in [6, 6.07) is 0. The number of oxime groups is 1. The summed E-state index contributed by atoms with van der Waals surface area (Å²) in [5, 5.41) is 11.1. The maximum absolute atomic E-state index is 12.0. The molecule has 0 bridgehead atoms. The average molecular weight is 279 g/mol. The number of sulfonamides is 1. The van der Waals surface area contributed by atoms with Crippen molar-refractivity contribution in [2.45, 2.75) is 31.9 Å². The van der Waals surface area contributed by atoms with Crippen molar-refractivity contribution in [3.63, 3.8) is 0 Å². The lowest BCUT2D eigenvalue weighted by Crippen LogP contribution is -2.46. The fourth-order valence-corrected chi connectivity index (χ4v) is 3.22. The summed E-state index contributed by atoms with van der Waals surface area (Å²) in [5.41, 5.74) is 4.77. The quantitative estimate of drug-likeness (QED) is 0.280. The molecule has 1 saturated heterocycles. The van der Waals surface area contributed by atoms with Crippen LogP contribution in [-0.2, 0) is 14.8 Å². The molecule has 7 nitrogen and oxygen atoms in total. The molecule has 1 fully saturated rings. The highest BCUT2D eigenvalue weighted by molar-refractivity contribution is 7.90. The van der Waals surface area contributed by atoms with Crippen molar-refractivity contribution in [1.82, 2.24) is 4.72 Å². The summed E-state index contributed by atoms with van der Waals surface area (Å²) in [5.74, 6) is -0.00261. The first kappa shape index (κ1) is 15.2. The molecule has 1 heterocycles. The normalized spacial score (nSPS) is 20.0. The topological polar surface area (TPSA) is 114 Å². The summed E-state index contributed by atoms with van der Waals surface area (Å²) >= 11 is 0. The molecule has 0 atom stereocenters. The van der Waals surface area contributed by atoms with Gasteiger partial charge in [0.2, 0.25) is 10.0 Å². The Bertz CT molecular complexity index is 399. The highest BCUT2D eigenvalue weighted by Crippen LogP contribution is 2.18. The van der Waals surface area contributed by atoms with Crippen LogP contribution in [-0.4, -0.2) is 44.5 Å². The lowest BCUT2D eigenvalue weighted by Gasteiger charge is -2.26. The first-order chi connectivity index (χ1) is 8.29. The third-order valence-electron chi connectivity index (χ3n) is 3.12. The monoisotopic (exact) mass is 279 g/mol. The van der Waals surface area contributed by atoms with E-state index >= 15 is 0 Å². The number of nitrogens with two attached hydrogens (primary N) is 1. The molecule has 1 aliphatic rings. The fourth-order valence-electron chi connectivity index (χ4n) is 1.61. The van der Waals surface area contributed by atoms with Crippen molar-refractivity contribution in [2.75, 3.05) is 19.8 Å². The van der Waals surface area contributed by atoms with Crippen LogP contribution in [0.2, 0.25) is 0 Å². The van der Waals surface area contributed by atoms with Gasteiger partial charge in [-0.1, -0.05) is 19.0 Å². The first-order valence-electron chi connectivity index (χ1n) is 5.84. The van der Waals surface area contributed by atoms with E-state index in [4.69, 9.17) is 15.7 Å². The predicted octanol–water partition coefficient (Wildman–Crippen LogP) is -0.143. The second-order valence-electron chi connectivity index (χ2n) is 5.05. The van der Waals surface area contributed by atoms with E-state index in [1.54, 1.807) is 13.8 Å². The Hall–Kier alpha value is -0.860. The molecule has 1 rings (SSSR count). The van der Waals surface area contributed by atoms with E-state index in [1.807, 2.05) is 0 Å². The third-order valence-corrected chi connectivity index (χ3v) is 5.02. The van der Waals surface area contributed by atoms with Gasteiger partial charge in [-0.15, -0.1) is 0 Å². The van der Waals surface area contributed by atoms with E-state index < -0.39 is 20.7 Å². The van der Waals surface area contributed by atoms with Gasteiger partial charge in [-0.2, -0.15) is 0 Å². The Labute approximate surface area is 107 Å². The first-order valence-corrected chi connectivity index (χ1v) is 7.38. The zero-order chi connectivity index (χ0) is 13.8. The molecule has 0 aliphatic carbocycles. The largest absolute Gasteiger partial charge is 0.409 e. The van der Waals surface area contributed by atoms with Gasteiger partial charge in [-0.25, -0.2) is 13.1 Å². The average Bonchev–Trinajstić information content (AvgIpc) is 2.36. The molecule has 0 radical (unpaired) electrons. The molecule has 0 amide bonds. The van der Waals surface area contributed by atoms with Gasteiger partial charge in [-0.05, 0) is 12.8 Å². The Kier molecular flexibility index (Phi) is 4.94. The lowest BCUT2D eigenvalue weighted by atomic mass is 9.93. The molecule has 106 valence electrons. The van der Waals surface area contributed by atoms with Crippen LogP contribution in [0.5, 0.6) is 0 Å². The van der Waals surface area contributed by atoms with E-state index in [1.165, 1.54) is 0 Å². The molecule has 1 aliphatic heterocycles. The van der Waals surface area contributed by atoms with Crippen molar-refractivity contribution >= 4 is 15.9 Å². The van der Waals surface area contributed by atoms with Gasteiger partial charge in [0.1, 0.15) is 5.84 Å². The van der Waals surface area contributed by atoms with Crippen LogP contribution in [0.1, 0.15) is 26.7 Å². The molecule has 8 heteroatoms. The number of ether oxygens (including phenoxy) is 1. The summed E-state index contributed by atoms with van der Waals surface area (Å²) in [6.45, 7) is 4.44. The second-order valence-corrected chi connectivity index (χ2v) is 7.09. The van der Waals surface area contributed by atoms with Crippen LogP contribution in [0.3, 0.4) is 0 Å². The van der Waals surface area contributed by atoms with Crippen molar-refractivity contribution in [1.29, 1.82) is 0 Å². The number of nitrogens with zero attached hydrogens (tertiary/aromatic N) is 1. The molecule has 0 saturated carbocycles. The van der Waals surface area contributed by atoms with Gasteiger partial charge in [0.25, 0.3) is 0 Å². The van der Waals surface area contributed by atoms with Gasteiger partial charge in [0, 0.05) is 25.2 Å². The van der Waals surface area contributed by atoms with Crippen LogP contribution in [0.4, 0.5) is 0 Å². The molecule has 0 aromatic rings. The minimum atomic E-state index is -3.38. The van der Waals surface area contributed by atoms with E-state index in [-0.39, 0.29) is 12.4 Å². The Morgan fingerprint density at radius 1 is 1.50 bits per heavy atom. The summed E-state index contributed by atoms with van der Waals surface area (Å²) in [6.07, 6.45) is 0.999. The summed E-state index contributed by atoms with van der Waals surface area (Å²) in [7, 11) is -3.38. The van der Waals surface area contributed by atoms with E-state index in [9.17, 15) is 8.42 Å². The molecule has 4 N–H and O–H groups in total. The molecular weight excluding hydrogens is 258 g/mol. The molecule has 0 spiro atoms. The van der Waals surface area contributed by atoms with Crippen molar-refractivity contribution < 1.29 is 18.4 Å². The molecule has 0 unspecified atom stereocenters. The number of hydrogen-bond acceptors (Lipinski definition) is 5. The molecule has 0 aromatic heterocycles. The zero-order valence-electron chi connectivity index (χ0n) is 10.7. The number of nitrogens with one attached hydrogen (secondary N) is 1. The maximum atomic E-state index is 12.0. The van der Waals surface area contributed by atoms with Crippen LogP contribution in [0.25, 0.3) is 0 Å². The van der Waals surface area contributed by atoms with E-state index in [2.05, 4.69) is 9.88 Å². The van der Waals surface area contributed by atoms with Gasteiger partial charge >= 0.3 is 0 Å². The highest BCUT2D eigenvalue weighted by atomic mass is 32.2. The lowest BCUT2D eigenvalue weighted by molar-refractivity contribution is 0.0981. The highest BCUT2D eigenvalue weighted by Gasteiger charge is 2.31. The third kappa shape index (κ3) is 3.82. The van der Waals surface area contributed by atoms with Crippen molar-refractivity contribution in [3.8, 4) is 0 Å². The zero-order valence-corrected chi connectivity index (χ0v) is 11.5. The van der Waals surface area contributed by atoms with Gasteiger partial charge < -0.3 is 15.7 Å². The standard InChI is InChI=1S/C10H21N3O4S/c1-10(2,9(11)13-14)7-12-18(15,16)8-3-5-17-6-4-8/h8,12,14H,3-7H2,1-2H3,(H2,11,13). The minimum absolute atomic E-state index is 0.00261. The van der Waals surface area contributed by atoms with Gasteiger partial charge in [0.15, 0.2) is 0 Å². The van der Waals surface area contributed by atoms with Crippen LogP contribution in [0, 0.1) is 5.41 Å². The van der Waals surface area contributed by atoms with Crippen LogP contribution in [0.15, 0.2) is 5.16 Å². The summed E-state index contributed by atoms with van der Waals surface area (Å²) in [4.78, 5) is 0. The Morgan fingerprint density at radius 2 is 2.06 bits per heavy atom. The fraction of sp³-hybridized carbons (Fsp3) is 0.900. The van der Waals surface area contributed by atoms with E-state index in [0.29, 0.717) is 26.1 Å². The molecule has 0 aromatic carbocycles. The second kappa shape index (κ2) is 5.85. The van der Waals surface area contributed by atoms with Gasteiger partial charge in [-0.3, -0.25) is 0 Å². The maximum Gasteiger partial charge on any atom is 0.214 e. The number of rotatable bonds is 5. The smallest absolute Gasteiger partial charge is 0.214 e. The van der Waals surface area contributed by atoms with Crippen LogP contribution >= 0.6 is 0 Å². The summed E-state index contributed by atoms with van der Waals surface area (Å²) < 4.78 is 31.7. The number of hydrogen-bond donors (Lipinski definition) is 3. The Balaban J connectivity index is 2.61. The molecule has 18 heavy (non-hydrogen) atoms.